The van der Waals surface area contributed by atoms with Gasteiger partial charge in [0.15, 0.2) is 0 Å². The Morgan fingerprint density at radius 3 is 2.88 bits per heavy atom. The smallest absolute Gasteiger partial charge is 0.124 e. The van der Waals surface area contributed by atoms with Crippen molar-refractivity contribution >= 4 is 22.9 Å². The second-order valence-electron chi connectivity index (χ2n) is 3.85. The summed E-state index contributed by atoms with van der Waals surface area (Å²) in [5.74, 6) is -0.301. The van der Waals surface area contributed by atoms with Gasteiger partial charge in [-0.2, -0.15) is 0 Å². The molecule has 1 heterocycles. The first-order chi connectivity index (χ1) is 8.16. The molecule has 0 aliphatic heterocycles. The average Bonchev–Trinajstić information content (AvgIpc) is 2.81. The van der Waals surface area contributed by atoms with Gasteiger partial charge in [-0.3, -0.25) is 0 Å². The van der Waals surface area contributed by atoms with Gasteiger partial charge in [0, 0.05) is 22.5 Å². The van der Waals surface area contributed by atoms with Crippen LogP contribution in [0.1, 0.15) is 23.4 Å². The molecule has 1 aromatic heterocycles. The van der Waals surface area contributed by atoms with Gasteiger partial charge in [-0.05, 0) is 36.1 Å². The lowest BCUT2D eigenvalue weighted by molar-refractivity contribution is 0.580. The molecule has 0 aliphatic carbocycles. The molecular weight excluding hydrogens is 257 g/mol. The van der Waals surface area contributed by atoms with E-state index < -0.39 is 0 Å². The fourth-order valence-electron chi connectivity index (χ4n) is 1.57. The van der Waals surface area contributed by atoms with Crippen molar-refractivity contribution in [3.63, 3.8) is 0 Å². The van der Waals surface area contributed by atoms with Gasteiger partial charge in [0.1, 0.15) is 5.82 Å². The first-order valence-corrected chi connectivity index (χ1v) is 6.63. The van der Waals surface area contributed by atoms with Crippen molar-refractivity contribution in [1.82, 2.24) is 5.32 Å². The summed E-state index contributed by atoms with van der Waals surface area (Å²) >= 11 is 7.68. The minimum atomic E-state index is -0.301. The molecule has 4 heteroatoms. The Labute approximate surface area is 109 Å². The molecular formula is C13H13ClFNS. The van der Waals surface area contributed by atoms with E-state index in [-0.39, 0.29) is 11.9 Å². The third kappa shape index (κ3) is 3.28. The van der Waals surface area contributed by atoms with Crippen molar-refractivity contribution in [1.29, 1.82) is 0 Å². The lowest BCUT2D eigenvalue weighted by atomic mass is 10.2. The van der Waals surface area contributed by atoms with Crippen LogP contribution in [0, 0.1) is 5.82 Å². The maximum Gasteiger partial charge on any atom is 0.124 e. The molecule has 90 valence electrons. The van der Waals surface area contributed by atoms with Gasteiger partial charge < -0.3 is 5.32 Å². The van der Waals surface area contributed by atoms with Gasteiger partial charge >= 0.3 is 0 Å². The largest absolute Gasteiger partial charge is 0.305 e. The molecule has 0 aliphatic rings. The van der Waals surface area contributed by atoms with E-state index in [0.29, 0.717) is 11.6 Å². The second kappa shape index (κ2) is 5.63. The Hall–Kier alpha value is -0.900. The van der Waals surface area contributed by atoms with E-state index in [2.05, 4.69) is 23.7 Å². The van der Waals surface area contributed by atoms with Crippen molar-refractivity contribution in [2.75, 3.05) is 0 Å². The number of hydrogen-bond donors (Lipinski definition) is 1. The van der Waals surface area contributed by atoms with E-state index in [4.69, 9.17) is 11.6 Å². The predicted octanol–water partition coefficient (Wildman–Crippen LogP) is 4.39. The summed E-state index contributed by atoms with van der Waals surface area (Å²) in [6.45, 7) is 2.74. The molecule has 1 aromatic carbocycles. The fourth-order valence-corrected chi connectivity index (χ4v) is 2.56. The molecule has 1 N–H and O–H groups in total. The molecule has 17 heavy (non-hydrogen) atoms. The Kier molecular flexibility index (Phi) is 4.15. The van der Waals surface area contributed by atoms with E-state index in [1.165, 1.54) is 17.0 Å². The van der Waals surface area contributed by atoms with Gasteiger partial charge in [0.05, 0.1) is 0 Å². The van der Waals surface area contributed by atoms with Crippen LogP contribution in [-0.4, -0.2) is 0 Å². The Morgan fingerprint density at radius 2 is 2.24 bits per heavy atom. The monoisotopic (exact) mass is 269 g/mol. The normalized spacial score (nSPS) is 12.6. The number of rotatable bonds is 4. The van der Waals surface area contributed by atoms with Crippen LogP contribution >= 0.6 is 22.9 Å². The topological polar surface area (TPSA) is 12.0 Å². The Bertz CT molecular complexity index is 484. The standard InChI is InChI=1S/C13H13ClFNS/c1-9(13-3-2-6-17-13)16-8-10-4-5-11(15)7-12(10)14/h2-7,9,16H,8H2,1H3/t9-/m1/s1. The first kappa shape index (κ1) is 12.6. The highest BCUT2D eigenvalue weighted by Crippen LogP contribution is 2.21. The first-order valence-electron chi connectivity index (χ1n) is 5.37. The molecule has 0 saturated heterocycles. The van der Waals surface area contributed by atoms with Crippen molar-refractivity contribution in [2.24, 2.45) is 0 Å². The van der Waals surface area contributed by atoms with Crippen LogP contribution in [0.3, 0.4) is 0 Å². The lowest BCUT2D eigenvalue weighted by Crippen LogP contribution is -2.17. The highest BCUT2D eigenvalue weighted by atomic mass is 35.5. The molecule has 0 spiro atoms. The lowest BCUT2D eigenvalue weighted by Gasteiger charge is -2.12. The highest BCUT2D eigenvalue weighted by molar-refractivity contribution is 7.10. The number of halogens is 2. The maximum absolute atomic E-state index is 12.9. The second-order valence-corrected chi connectivity index (χ2v) is 5.24. The molecule has 0 bridgehead atoms. The van der Waals surface area contributed by atoms with Gasteiger partial charge in [0.25, 0.3) is 0 Å². The molecule has 2 aromatic rings. The third-order valence-electron chi connectivity index (χ3n) is 2.58. The van der Waals surface area contributed by atoms with Gasteiger partial charge in [-0.25, -0.2) is 4.39 Å². The molecule has 1 nitrogen and oxygen atoms in total. The summed E-state index contributed by atoms with van der Waals surface area (Å²) in [7, 11) is 0. The van der Waals surface area contributed by atoms with Gasteiger partial charge in [0.2, 0.25) is 0 Å². The summed E-state index contributed by atoms with van der Waals surface area (Å²) in [5, 5.41) is 5.89. The van der Waals surface area contributed by atoms with Crippen LogP contribution in [-0.2, 0) is 6.54 Å². The predicted molar refractivity (Wildman–Crippen MR) is 71.0 cm³/mol. The summed E-state index contributed by atoms with van der Waals surface area (Å²) in [5.41, 5.74) is 0.913. The molecule has 0 unspecified atom stereocenters. The summed E-state index contributed by atoms with van der Waals surface area (Å²) < 4.78 is 12.9. The van der Waals surface area contributed by atoms with E-state index in [9.17, 15) is 4.39 Å². The van der Waals surface area contributed by atoms with Crippen LogP contribution in [0.15, 0.2) is 35.7 Å². The third-order valence-corrected chi connectivity index (χ3v) is 3.99. The molecule has 2 rings (SSSR count). The van der Waals surface area contributed by atoms with E-state index in [1.54, 1.807) is 17.4 Å². The zero-order valence-electron chi connectivity index (χ0n) is 9.41. The molecule has 0 amide bonds. The Morgan fingerprint density at radius 1 is 1.41 bits per heavy atom. The molecule has 0 saturated carbocycles. The van der Waals surface area contributed by atoms with Crippen molar-refractivity contribution < 1.29 is 4.39 Å². The SMILES string of the molecule is C[C@@H](NCc1ccc(F)cc1Cl)c1cccs1. The van der Waals surface area contributed by atoms with Gasteiger partial charge in [-0.15, -0.1) is 11.3 Å². The Balaban J connectivity index is 1.98. The van der Waals surface area contributed by atoms with Crippen molar-refractivity contribution in [3.05, 3.63) is 57.0 Å². The van der Waals surface area contributed by atoms with Crippen LogP contribution in [0.25, 0.3) is 0 Å². The van der Waals surface area contributed by atoms with Crippen molar-refractivity contribution in [3.8, 4) is 0 Å². The number of benzene rings is 1. The quantitative estimate of drug-likeness (QED) is 0.868. The molecule has 0 fully saturated rings. The summed E-state index contributed by atoms with van der Waals surface area (Å²) in [6.07, 6.45) is 0. The molecule has 0 radical (unpaired) electrons. The number of thiophene rings is 1. The number of hydrogen-bond acceptors (Lipinski definition) is 2. The van der Waals surface area contributed by atoms with Crippen molar-refractivity contribution in [2.45, 2.75) is 19.5 Å². The maximum atomic E-state index is 12.9. The zero-order chi connectivity index (χ0) is 12.3. The van der Waals surface area contributed by atoms with E-state index in [1.807, 2.05) is 6.07 Å². The van der Waals surface area contributed by atoms with Crippen LogP contribution < -0.4 is 5.32 Å². The van der Waals surface area contributed by atoms with E-state index in [0.717, 1.165) is 5.56 Å². The summed E-state index contributed by atoms with van der Waals surface area (Å²) in [4.78, 5) is 1.28. The van der Waals surface area contributed by atoms with Gasteiger partial charge in [-0.1, -0.05) is 23.7 Å². The highest BCUT2D eigenvalue weighted by Gasteiger charge is 2.07. The minimum Gasteiger partial charge on any atom is -0.305 e. The molecule has 1 atom stereocenters. The zero-order valence-corrected chi connectivity index (χ0v) is 11.0. The van der Waals surface area contributed by atoms with E-state index >= 15 is 0 Å². The number of nitrogens with one attached hydrogen (secondary N) is 1. The average molecular weight is 270 g/mol. The fraction of sp³-hybridized carbons (Fsp3) is 0.231. The minimum absolute atomic E-state index is 0.274. The van der Waals surface area contributed by atoms with Crippen LogP contribution in [0.5, 0.6) is 0 Å². The van der Waals surface area contributed by atoms with Crippen LogP contribution in [0.4, 0.5) is 4.39 Å². The van der Waals surface area contributed by atoms with Crippen LogP contribution in [0.2, 0.25) is 5.02 Å². The summed E-state index contributed by atoms with van der Waals surface area (Å²) in [6, 6.07) is 8.88.